The molecule has 4 unspecified atom stereocenters. The summed E-state index contributed by atoms with van der Waals surface area (Å²) in [7, 11) is 0. The monoisotopic (exact) mass is 482 g/mol. The second-order valence-corrected chi connectivity index (χ2v) is 12.8. The maximum atomic E-state index is 10.8. The van der Waals surface area contributed by atoms with Crippen LogP contribution in [0.3, 0.4) is 0 Å². The first-order chi connectivity index (χ1) is 9.50. The molecule has 0 amide bonds. The molecule has 1 nitrogen and oxygen atoms in total. The zero-order valence-electron chi connectivity index (χ0n) is 10.8. The van der Waals surface area contributed by atoms with Crippen LogP contribution in [0, 0.1) is 5.41 Å². The van der Waals surface area contributed by atoms with Gasteiger partial charge in [0.05, 0.1) is 11.0 Å². The largest absolute Gasteiger partial charge is 0.390 e. The highest BCUT2D eigenvalue weighted by Crippen LogP contribution is 3.19. The molecule has 6 fully saturated rings. The summed E-state index contributed by atoms with van der Waals surface area (Å²) in [5.74, 6) is 0. The molecule has 0 spiro atoms. The fourth-order valence-electron chi connectivity index (χ4n) is 6.99. The van der Waals surface area contributed by atoms with E-state index in [0.717, 1.165) is 0 Å². The summed E-state index contributed by atoms with van der Waals surface area (Å²) in [6.07, 6.45) is 0. The smallest absolute Gasteiger partial charge is 0.163 e. The molecule has 6 aliphatic rings. The average molecular weight is 486 g/mol. The van der Waals surface area contributed by atoms with Crippen molar-refractivity contribution in [2.75, 3.05) is 0 Å². The van der Waals surface area contributed by atoms with E-state index in [2.05, 4.69) is 0 Å². The average Bonchev–Trinajstić information content (AvgIpc) is 2.43. The number of aliphatic hydroxyl groups is 1. The van der Waals surface area contributed by atoms with Gasteiger partial charge in [0, 0.05) is 0 Å². The Bertz CT molecular complexity index is 682. The van der Waals surface area contributed by atoms with Crippen molar-refractivity contribution in [2.45, 2.75) is 57.9 Å². The highest BCUT2D eigenvalue weighted by molar-refractivity contribution is 6.78. The number of halogens is 9. The van der Waals surface area contributed by atoms with Crippen LogP contribution < -0.4 is 0 Å². The van der Waals surface area contributed by atoms with Gasteiger partial charge in [0.15, 0.2) is 4.33 Å². The van der Waals surface area contributed by atoms with E-state index in [1.54, 1.807) is 13.8 Å². The van der Waals surface area contributed by atoms with Gasteiger partial charge in [-0.15, -0.1) is 81.2 Å². The van der Waals surface area contributed by atoms with E-state index in [4.69, 9.17) is 104 Å². The lowest BCUT2D eigenvalue weighted by Crippen LogP contribution is -3.27. The maximum Gasteiger partial charge on any atom is 0.163 e. The van der Waals surface area contributed by atoms with Crippen LogP contribution in [0.2, 0.25) is 0 Å². The van der Waals surface area contributed by atoms with Crippen molar-refractivity contribution >= 4 is 104 Å². The van der Waals surface area contributed by atoms with Crippen molar-refractivity contribution in [3.63, 3.8) is 0 Å². The van der Waals surface area contributed by atoms with Crippen molar-refractivity contribution in [1.29, 1.82) is 0 Å². The molecule has 22 heavy (non-hydrogen) atoms. The Balaban J connectivity index is 1.99. The number of rotatable bonds is 1. The molecule has 0 aromatic rings. The normalized spacial score (nSPS) is 78.0. The molecule has 0 saturated heterocycles. The highest BCUT2D eigenvalue weighted by Gasteiger charge is 3.37. The van der Waals surface area contributed by atoms with Gasteiger partial charge in [-0.2, -0.15) is 0 Å². The van der Waals surface area contributed by atoms with E-state index in [1.807, 2.05) is 0 Å². The molecule has 6 aliphatic carbocycles. The number of alkyl halides is 9. The van der Waals surface area contributed by atoms with Crippen LogP contribution in [-0.4, -0.2) is 49.2 Å². The van der Waals surface area contributed by atoms with Crippen LogP contribution in [0.1, 0.15) is 13.8 Å². The first-order valence-electron chi connectivity index (χ1n) is 6.42. The molecule has 1 N–H and O–H groups in total. The molecule has 0 aliphatic heterocycles. The van der Waals surface area contributed by atoms with Gasteiger partial charge in [-0.25, -0.2) is 0 Å². The first-order valence-corrected chi connectivity index (χ1v) is 9.83. The lowest BCUT2D eigenvalue weighted by Gasteiger charge is -3.07. The Morgan fingerprint density at radius 1 is 0.545 bits per heavy atom. The zero-order valence-corrected chi connectivity index (χ0v) is 17.7. The molecule has 10 heteroatoms. The second-order valence-electron chi connectivity index (χ2n) is 7.49. The van der Waals surface area contributed by atoms with Gasteiger partial charge in [-0.3, -0.25) is 0 Å². The first kappa shape index (κ1) is 16.7. The van der Waals surface area contributed by atoms with E-state index in [1.165, 1.54) is 0 Å². The molecule has 0 aromatic carbocycles. The number of hydrogen-bond donors (Lipinski definition) is 1. The van der Waals surface area contributed by atoms with Crippen molar-refractivity contribution in [2.24, 2.45) is 5.41 Å². The van der Waals surface area contributed by atoms with Crippen molar-refractivity contribution < 1.29 is 5.11 Å². The Labute approximate surface area is 171 Å². The topological polar surface area (TPSA) is 20.2 Å². The lowest BCUT2D eigenvalue weighted by molar-refractivity contribution is -0.396. The molecular formula is C12H7Cl9O. The Morgan fingerprint density at radius 2 is 0.818 bits per heavy atom. The summed E-state index contributed by atoms with van der Waals surface area (Å²) in [5.41, 5.74) is -2.71. The Morgan fingerprint density at radius 3 is 1.14 bits per heavy atom. The van der Waals surface area contributed by atoms with E-state index in [-0.39, 0.29) is 0 Å². The standard InChI is InChI=1S/C12H7Cl9O/c1-3(2,22)4-5(13)8(16)6(4,14)10(18)7(4,15)9(5,17)11(8,19)12(10,20)21/h22H,1-2H3. The summed E-state index contributed by atoms with van der Waals surface area (Å²) in [4.78, 5) is -10.6. The van der Waals surface area contributed by atoms with Gasteiger partial charge < -0.3 is 5.11 Å². The van der Waals surface area contributed by atoms with Gasteiger partial charge in [-0.1, -0.05) is 23.2 Å². The van der Waals surface area contributed by atoms with E-state index < -0.39 is 49.5 Å². The Hall–Kier alpha value is 2.57. The lowest BCUT2D eigenvalue weighted by atomic mass is 9.08. The molecule has 0 aromatic heterocycles. The van der Waals surface area contributed by atoms with Gasteiger partial charge in [0.1, 0.15) is 34.1 Å². The van der Waals surface area contributed by atoms with E-state index in [9.17, 15) is 5.11 Å². The summed E-state index contributed by atoms with van der Waals surface area (Å²) >= 11 is 60.8. The molecule has 4 atom stereocenters. The summed E-state index contributed by atoms with van der Waals surface area (Å²) in [6, 6.07) is 0. The predicted octanol–water partition coefficient (Wildman–Crippen LogP) is 4.83. The molecule has 0 radical (unpaired) electrons. The number of hydrogen-bond acceptors (Lipinski definition) is 1. The van der Waals surface area contributed by atoms with Crippen molar-refractivity contribution in [3.8, 4) is 0 Å². The van der Waals surface area contributed by atoms with Crippen LogP contribution >= 0.6 is 104 Å². The molecule has 6 rings (SSSR count). The summed E-state index contributed by atoms with van der Waals surface area (Å²) in [6.45, 7) is 3.08. The third kappa shape index (κ3) is 0.635. The van der Waals surface area contributed by atoms with Crippen LogP contribution in [0.15, 0.2) is 0 Å². The SMILES string of the molecule is CC(C)(O)C12C3(Cl)C4(Cl)C(Cl)(Cl)C5(Cl)C3(Cl)C1(Cl)C5(Cl)C42Cl. The molecule has 0 heterocycles. The fraction of sp³-hybridized carbons (Fsp3) is 1.00. The van der Waals surface area contributed by atoms with Crippen LogP contribution in [0.5, 0.6) is 0 Å². The minimum atomic E-state index is -1.82. The summed E-state index contributed by atoms with van der Waals surface area (Å²) < 4.78 is -1.82. The van der Waals surface area contributed by atoms with Gasteiger partial charge in [0.25, 0.3) is 0 Å². The quantitative estimate of drug-likeness (QED) is 0.527. The minimum Gasteiger partial charge on any atom is -0.390 e. The highest BCUT2D eigenvalue weighted by atomic mass is 35.5. The van der Waals surface area contributed by atoms with E-state index >= 15 is 0 Å². The van der Waals surface area contributed by atoms with Gasteiger partial charge in [-0.05, 0) is 13.8 Å². The Kier molecular flexibility index (Phi) is 2.33. The second kappa shape index (κ2) is 3.07. The molecule has 2 bridgehead atoms. The van der Waals surface area contributed by atoms with Crippen LogP contribution in [0.25, 0.3) is 0 Å². The van der Waals surface area contributed by atoms with Crippen LogP contribution in [0.4, 0.5) is 0 Å². The summed E-state index contributed by atoms with van der Waals surface area (Å²) in [5, 5.41) is 10.8. The maximum absolute atomic E-state index is 10.8. The minimum absolute atomic E-state index is 1.28. The third-order valence-electron chi connectivity index (χ3n) is 7.13. The van der Waals surface area contributed by atoms with E-state index in [0.29, 0.717) is 0 Å². The van der Waals surface area contributed by atoms with Gasteiger partial charge in [0.2, 0.25) is 0 Å². The predicted molar refractivity (Wildman–Crippen MR) is 93.3 cm³/mol. The zero-order chi connectivity index (χ0) is 17.0. The fourth-order valence-corrected chi connectivity index (χ4v) is 15.6. The van der Waals surface area contributed by atoms with Crippen molar-refractivity contribution in [3.05, 3.63) is 0 Å². The molecular weight excluding hydrogens is 479 g/mol. The van der Waals surface area contributed by atoms with Crippen LogP contribution in [-0.2, 0) is 0 Å². The molecule has 124 valence electrons. The third-order valence-corrected chi connectivity index (χ3v) is 15.4. The molecule has 6 saturated carbocycles. The van der Waals surface area contributed by atoms with Gasteiger partial charge >= 0.3 is 0 Å². The van der Waals surface area contributed by atoms with Crippen molar-refractivity contribution in [1.82, 2.24) is 0 Å².